The number of methoxy groups -OCH3 is 1. The van der Waals surface area contributed by atoms with E-state index in [0.29, 0.717) is 18.7 Å². The summed E-state index contributed by atoms with van der Waals surface area (Å²) < 4.78 is 24.5. The van der Waals surface area contributed by atoms with Crippen LogP contribution in [0.15, 0.2) is 71.9 Å². The van der Waals surface area contributed by atoms with E-state index in [1.54, 1.807) is 18.3 Å². The molecule has 8 heteroatoms. The molecule has 1 saturated carbocycles. The van der Waals surface area contributed by atoms with E-state index in [4.69, 9.17) is 9.47 Å². The topological polar surface area (TPSA) is 89.0 Å². The number of benzene rings is 2. The molecule has 36 heavy (non-hydrogen) atoms. The molecule has 1 heterocycles. The smallest absolute Gasteiger partial charge is 0.339 e. The minimum Gasteiger partial charge on any atom is -0.469 e. The van der Waals surface area contributed by atoms with Gasteiger partial charge in [0.2, 0.25) is 0 Å². The molecule has 0 spiro atoms. The van der Waals surface area contributed by atoms with Gasteiger partial charge in [-0.05, 0) is 61.4 Å². The molecule has 0 radical (unpaired) electrons. The highest BCUT2D eigenvalue weighted by Crippen LogP contribution is 2.56. The Hall–Kier alpha value is -3.52. The van der Waals surface area contributed by atoms with Crippen molar-refractivity contribution in [2.75, 3.05) is 19.0 Å². The van der Waals surface area contributed by atoms with Crippen molar-refractivity contribution in [3.63, 3.8) is 0 Å². The van der Waals surface area contributed by atoms with Crippen LogP contribution >= 0.6 is 0 Å². The fraction of sp³-hybridized carbons (Fsp3) is 0.393. The Balaban J connectivity index is 1.44. The molecule has 2 fully saturated rings. The summed E-state index contributed by atoms with van der Waals surface area (Å²) in [6.07, 6.45) is 9.48. The van der Waals surface area contributed by atoms with Crippen molar-refractivity contribution in [3.8, 4) is 0 Å². The van der Waals surface area contributed by atoms with Crippen LogP contribution in [0.1, 0.15) is 37.7 Å². The third-order valence-electron chi connectivity index (χ3n) is 7.12. The first kappa shape index (κ1) is 25.6. The molecule has 4 atom stereocenters. The van der Waals surface area contributed by atoms with Gasteiger partial charge in [0.15, 0.2) is 0 Å². The summed E-state index contributed by atoms with van der Waals surface area (Å²) >= 11 is 0. The van der Waals surface area contributed by atoms with Gasteiger partial charge in [-0.15, -0.1) is 0 Å². The summed E-state index contributed by atoms with van der Waals surface area (Å²) in [4.78, 5) is 23.6. The van der Waals surface area contributed by atoms with E-state index in [-0.39, 0.29) is 35.1 Å². The number of allylic oxidation sites excluding steroid dienone is 2. The number of amides is 2. The number of rotatable bonds is 10. The molecular weight excluding hydrogens is 461 g/mol. The zero-order chi connectivity index (χ0) is 25.4. The zero-order valence-corrected chi connectivity index (χ0v) is 20.4. The number of hydrogen-bond acceptors (Lipinski definition) is 5. The van der Waals surface area contributed by atoms with Gasteiger partial charge in [0.1, 0.15) is 5.82 Å². The summed E-state index contributed by atoms with van der Waals surface area (Å²) in [6, 6.07) is 15.4. The fourth-order valence-electron chi connectivity index (χ4n) is 5.33. The molecular formula is C28H32FN3O4. The number of fused-ring (bicyclic) bond motifs is 2. The van der Waals surface area contributed by atoms with Crippen molar-refractivity contribution in [2.24, 2.45) is 16.9 Å². The first-order valence-corrected chi connectivity index (χ1v) is 12.3. The van der Waals surface area contributed by atoms with Crippen LogP contribution in [-0.4, -0.2) is 38.0 Å². The number of halogens is 1. The molecule has 2 amide bonds. The number of carbonyl (C=O) groups is 2. The minimum absolute atomic E-state index is 0.0134. The zero-order valence-electron chi connectivity index (χ0n) is 20.4. The third-order valence-corrected chi connectivity index (χ3v) is 7.12. The van der Waals surface area contributed by atoms with Crippen LogP contribution in [0.25, 0.3) is 0 Å². The maximum Gasteiger partial charge on any atom is 0.339 e. The number of nitrogens with zero attached hydrogens (tertiary/aromatic N) is 1. The Morgan fingerprint density at radius 3 is 2.69 bits per heavy atom. The van der Waals surface area contributed by atoms with E-state index in [2.05, 4.69) is 28.0 Å². The van der Waals surface area contributed by atoms with Gasteiger partial charge in [-0.1, -0.05) is 42.5 Å². The molecule has 4 rings (SSSR count). The molecule has 1 aliphatic carbocycles. The largest absolute Gasteiger partial charge is 0.469 e. The van der Waals surface area contributed by atoms with Crippen LogP contribution in [0.3, 0.4) is 0 Å². The number of nitrogens with one attached hydrogen (secondary N) is 2. The SMILES string of the molecule is COC(=O)CCC/C=C\C[C@H]1[C@H](C=NNC(=O)Nc2ccccc2)[C@@H]2C[C@@]1(c1ccc(F)cc1)CO2. The van der Waals surface area contributed by atoms with E-state index in [0.717, 1.165) is 31.2 Å². The molecule has 2 aromatic carbocycles. The normalized spacial score (nSPS) is 24.9. The predicted molar refractivity (Wildman–Crippen MR) is 136 cm³/mol. The molecule has 190 valence electrons. The first-order valence-electron chi connectivity index (χ1n) is 12.3. The van der Waals surface area contributed by atoms with Crippen LogP contribution < -0.4 is 10.7 Å². The number of carbonyl (C=O) groups excluding carboxylic acids is 2. The van der Waals surface area contributed by atoms with E-state index in [1.165, 1.54) is 19.2 Å². The molecule has 0 unspecified atom stereocenters. The minimum atomic E-state index is -0.420. The van der Waals surface area contributed by atoms with Gasteiger partial charge in [0.25, 0.3) is 0 Å². The van der Waals surface area contributed by atoms with E-state index < -0.39 is 6.03 Å². The highest BCUT2D eigenvalue weighted by atomic mass is 19.1. The molecule has 2 N–H and O–H groups in total. The molecule has 2 bridgehead atoms. The second-order valence-electron chi connectivity index (χ2n) is 9.29. The number of esters is 1. The first-order chi connectivity index (χ1) is 17.5. The van der Waals surface area contributed by atoms with Crippen LogP contribution in [0.5, 0.6) is 0 Å². The summed E-state index contributed by atoms with van der Waals surface area (Å²) in [6.45, 7) is 0.566. The van der Waals surface area contributed by atoms with Crippen molar-refractivity contribution in [1.82, 2.24) is 5.43 Å². The lowest BCUT2D eigenvalue weighted by Crippen LogP contribution is -2.40. The lowest BCUT2D eigenvalue weighted by atomic mass is 9.69. The average Bonchev–Trinajstić information content (AvgIpc) is 3.45. The van der Waals surface area contributed by atoms with E-state index in [1.807, 2.05) is 30.3 Å². The Morgan fingerprint density at radius 1 is 1.17 bits per heavy atom. The maximum absolute atomic E-state index is 13.6. The Bertz CT molecular complexity index is 1090. The predicted octanol–water partition coefficient (Wildman–Crippen LogP) is 5.20. The molecule has 2 aromatic rings. The van der Waals surface area contributed by atoms with Crippen LogP contribution in [-0.2, 0) is 19.7 Å². The summed E-state index contributed by atoms with van der Waals surface area (Å²) in [5.41, 5.74) is 4.03. The lowest BCUT2D eigenvalue weighted by Gasteiger charge is -2.37. The molecule has 7 nitrogen and oxygen atoms in total. The van der Waals surface area contributed by atoms with E-state index in [9.17, 15) is 14.0 Å². The van der Waals surface area contributed by atoms with Gasteiger partial charge in [-0.2, -0.15) is 5.10 Å². The Kier molecular flexibility index (Phi) is 8.48. The highest BCUT2D eigenvalue weighted by molar-refractivity contribution is 5.89. The summed E-state index contributed by atoms with van der Waals surface area (Å²) in [5.74, 6) is -0.316. The fourth-order valence-corrected chi connectivity index (χ4v) is 5.33. The summed E-state index contributed by atoms with van der Waals surface area (Å²) in [7, 11) is 1.39. The Morgan fingerprint density at radius 2 is 1.94 bits per heavy atom. The third kappa shape index (κ3) is 5.99. The van der Waals surface area contributed by atoms with Crippen molar-refractivity contribution < 1.29 is 23.5 Å². The van der Waals surface area contributed by atoms with Crippen molar-refractivity contribution in [1.29, 1.82) is 0 Å². The van der Waals surface area contributed by atoms with Gasteiger partial charge in [-0.25, -0.2) is 14.6 Å². The quantitative estimate of drug-likeness (QED) is 0.157. The van der Waals surface area contributed by atoms with Gasteiger partial charge in [0.05, 0.1) is 19.8 Å². The highest BCUT2D eigenvalue weighted by Gasteiger charge is 2.58. The number of unbranched alkanes of at least 4 members (excludes halogenated alkanes) is 1. The lowest BCUT2D eigenvalue weighted by molar-refractivity contribution is -0.140. The van der Waals surface area contributed by atoms with Crippen molar-refractivity contribution in [3.05, 3.63) is 78.1 Å². The van der Waals surface area contributed by atoms with Crippen LogP contribution in [0, 0.1) is 17.7 Å². The maximum atomic E-state index is 13.6. The Labute approximate surface area is 210 Å². The van der Waals surface area contributed by atoms with Gasteiger partial charge >= 0.3 is 12.0 Å². The number of urea groups is 1. The molecule has 2 aliphatic rings. The van der Waals surface area contributed by atoms with Crippen LogP contribution in [0.2, 0.25) is 0 Å². The van der Waals surface area contributed by atoms with Crippen molar-refractivity contribution in [2.45, 2.75) is 43.6 Å². The molecule has 1 aliphatic heterocycles. The number of hydrazone groups is 1. The van der Waals surface area contributed by atoms with Gasteiger partial charge < -0.3 is 14.8 Å². The number of hydrogen-bond donors (Lipinski definition) is 2. The average molecular weight is 494 g/mol. The molecule has 1 saturated heterocycles. The summed E-state index contributed by atoms with van der Waals surface area (Å²) in [5, 5.41) is 6.98. The number of anilines is 1. The monoisotopic (exact) mass is 493 g/mol. The second kappa shape index (κ2) is 11.9. The van der Waals surface area contributed by atoms with Crippen molar-refractivity contribution >= 4 is 23.9 Å². The van der Waals surface area contributed by atoms with E-state index >= 15 is 0 Å². The second-order valence-corrected chi connectivity index (χ2v) is 9.29. The number of para-hydroxylation sites is 1. The number of ether oxygens (including phenoxy) is 2. The standard InChI is InChI=1S/C28H32FN3O4/c1-35-26(33)12-8-3-2-7-11-24-23(18-30-32-27(34)31-22-9-5-4-6-10-22)25-17-28(24,19-36-25)20-13-15-21(29)16-14-20/h2,4-7,9-10,13-16,18,23-25H,3,8,11-12,17,19H2,1H3,(H2,31,32,34)/b7-2-,30-18?/t23-,24-,25-,28-/m0/s1. The van der Waals surface area contributed by atoms with Gasteiger partial charge in [0, 0.05) is 29.7 Å². The molecule has 0 aromatic heterocycles. The van der Waals surface area contributed by atoms with Crippen LogP contribution in [0.4, 0.5) is 14.9 Å². The van der Waals surface area contributed by atoms with Gasteiger partial charge in [-0.3, -0.25) is 4.79 Å².